The Morgan fingerprint density at radius 1 is 1.43 bits per heavy atom. The lowest BCUT2D eigenvalue weighted by Gasteiger charge is -2.33. The summed E-state index contributed by atoms with van der Waals surface area (Å²) in [4.78, 5) is 0. The summed E-state index contributed by atoms with van der Waals surface area (Å²) in [7, 11) is 0. The van der Waals surface area contributed by atoms with Gasteiger partial charge in [0.25, 0.3) is 0 Å². The highest BCUT2D eigenvalue weighted by atomic mass is 79.9. The first-order valence-corrected chi connectivity index (χ1v) is 5.82. The molecular weight excluding hydrogens is 263 g/mol. The van der Waals surface area contributed by atoms with E-state index in [-0.39, 0.29) is 5.60 Å². The highest BCUT2D eigenvalue weighted by Crippen LogP contribution is 2.40. The number of ether oxygens (including phenoxy) is 1. The van der Waals surface area contributed by atoms with Gasteiger partial charge >= 0.3 is 0 Å². The summed E-state index contributed by atoms with van der Waals surface area (Å²) >= 11 is 9.55. The van der Waals surface area contributed by atoms with Crippen LogP contribution in [-0.4, -0.2) is 5.60 Å². The Kier molecular flexibility index (Phi) is 2.52. The van der Waals surface area contributed by atoms with Gasteiger partial charge in [0.1, 0.15) is 11.4 Å². The molecule has 0 amide bonds. The molecule has 76 valence electrons. The molecule has 0 fully saturated rings. The van der Waals surface area contributed by atoms with Crippen LogP contribution >= 0.6 is 27.5 Å². The molecule has 1 nitrogen and oxygen atoms in total. The molecule has 0 N–H and O–H groups in total. The second-order valence-electron chi connectivity index (χ2n) is 4.24. The number of benzene rings is 1. The number of aryl methyl sites for hydroxylation is 1. The van der Waals surface area contributed by atoms with Crippen LogP contribution in [0, 0.1) is 0 Å². The molecular formula is C11H12BrClO. The lowest BCUT2D eigenvalue weighted by Crippen LogP contribution is -2.32. The SMILES string of the molecule is CC1(C)CCc2cc(Br)cc(Cl)c2O1. The topological polar surface area (TPSA) is 9.23 Å². The number of hydrogen-bond acceptors (Lipinski definition) is 1. The first kappa shape index (κ1) is 10.3. The van der Waals surface area contributed by atoms with Crippen LogP contribution in [0.2, 0.25) is 5.02 Å². The van der Waals surface area contributed by atoms with Crippen molar-refractivity contribution in [3.8, 4) is 5.75 Å². The average molecular weight is 276 g/mol. The second kappa shape index (κ2) is 3.42. The third-order valence-electron chi connectivity index (χ3n) is 2.46. The van der Waals surface area contributed by atoms with E-state index >= 15 is 0 Å². The fraction of sp³-hybridized carbons (Fsp3) is 0.455. The Hall–Kier alpha value is -0.210. The van der Waals surface area contributed by atoms with E-state index < -0.39 is 0 Å². The van der Waals surface area contributed by atoms with Crippen LogP contribution in [0.25, 0.3) is 0 Å². The summed E-state index contributed by atoms with van der Waals surface area (Å²) in [5.41, 5.74) is 1.11. The highest BCUT2D eigenvalue weighted by molar-refractivity contribution is 9.10. The fourth-order valence-corrected chi connectivity index (χ4v) is 2.59. The van der Waals surface area contributed by atoms with Crippen molar-refractivity contribution in [2.75, 3.05) is 0 Å². The zero-order chi connectivity index (χ0) is 10.3. The molecule has 0 radical (unpaired) electrons. The summed E-state index contributed by atoms with van der Waals surface area (Å²) in [6.07, 6.45) is 2.06. The van der Waals surface area contributed by atoms with Crippen molar-refractivity contribution in [3.63, 3.8) is 0 Å². The standard InChI is InChI=1S/C11H12BrClO/c1-11(2)4-3-7-5-8(12)6-9(13)10(7)14-11/h5-6H,3-4H2,1-2H3. The van der Waals surface area contributed by atoms with E-state index in [9.17, 15) is 0 Å². The first-order valence-electron chi connectivity index (χ1n) is 4.65. The third kappa shape index (κ3) is 1.91. The maximum absolute atomic E-state index is 6.12. The van der Waals surface area contributed by atoms with Crippen molar-refractivity contribution in [1.82, 2.24) is 0 Å². The minimum atomic E-state index is -0.0928. The van der Waals surface area contributed by atoms with Crippen molar-refractivity contribution in [2.24, 2.45) is 0 Å². The summed E-state index contributed by atoms with van der Waals surface area (Å²) < 4.78 is 6.87. The third-order valence-corrected chi connectivity index (χ3v) is 3.20. The molecule has 1 heterocycles. The van der Waals surface area contributed by atoms with E-state index in [1.54, 1.807) is 0 Å². The zero-order valence-corrected chi connectivity index (χ0v) is 10.6. The maximum atomic E-state index is 6.12. The van der Waals surface area contributed by atoms with Gasteiger partial charge < -0.3 is 4.74 Å². The minimum absolute atomic E-state index is 0.0928. The van der Waals surface area contributed by atoms with Crippen molar-refractivity contribution < 1.29 is 4.74 Å². The molecule has 3 heteroatoms. The van der Waals surface area contributed by atoms with Crippen molar-refractivity contribution in [3.05, 3.63) is 27.2 Å². The van der Waals surface area contributed by atoms with Gasteiger partial charge in [0.05, 0.1) is 5.02 Å². The van der Waals surface area contributed by atoms with E-state index in [1.807, 2.05) is 6.07 Å². The summed E-state index contributed by atoms with van der Waals surface area (Å²) in [6.45, 7) is 4.18. The molecule has 1 aliphatic heterocycles. The molecule has 0 aliphatic carbocycles. The lowest BCUT2D eigenvalue weighted by atomic mass is 9.94. The molecule has 1 aliphatic rings. The van der Waals surface area contributed by atoms with Crippen LogP contribution < -0.4 is 4.74 Å². The molecule has 0 unspecified atom stereocenters. The Morgan fingerprint density at radius 2 is 2.14 bits per heavy atom. The normalized spacial score (nSPS) is 18.6. The van der Waals surface area contributed by atoms with Crippen LogP contribution in [0.15, 0.2) is 16.6 Å². The number of rotatable bonds is 0. The Balaban J connectivity index is 2.47. The Morgan fingerprint density at radius 3 is 2.86 bits per heavy atom. The van der Waals surface area contributed by atoms with Crippen LogP contribution in [-0.2, 0) is 6.42 Å². The van der Waals surface area contributed by atoms with Gasteiger partial charge in [-0.1, -0.05) is 27.5 Å². The van der Waals surface area contributed by atoms with Gasteiger partial charge in [0.15, 0.2) is 0 Å². The van der Waals surface area contributed by atoms with Crippen LogP contribution in [0.5, 0.6) is 5.75 Å². The number of hydrogen-bond donors (Lipinski definition) is 0. The van der Waals surface area contributed by atoms with Gasteiger partial charge in [-0.3, -0.25) is 0 Å². The predicted octanol–water partition coefficient (Wildman–Crippen LogP) is 4.21. The van der Waals surface area contributed by atoms with Gasteiger partial charge in [0.2, 0.25) is 0 Å². The molecule has 0 saturated carbocycles. The molecule has 0 saturated heterocycles. The smallest absolute Gasteiger partial charge is 0.141 e. The van der Waals surface area contributed by atoms with Gasteiger partial charge in [-0.05, 0) is 44.4 Å². The summed E-state index contributed by atoms with van der Waals surface area (Å²) in [6, 6.07) is 3.96. The van der Waals surface area contributed by atoms with E-state index in [2.05, 4.69) is 35.8 Å². The molecule has 2 rings (SSSR count). The molecule has 0 aromatic heterocycles. The molecule has 1 aromatic rings. The largest absolute Gasteiger partial charge is 0.486 e. The van der Waals surface area contributed by atoms with Gasteiger partial charge in [-0.25, -0.2) is 0 Å². The van der Waals surface area contributed by atoms with Crippen LogP contribution in [0.3, 0.4) is 0 Å². The van der Waals surface area contributed by atoms with E-state index in [1.165, 1.54) is 5.56 Å². The average Bonchev–Trinajstić information content (AvgIpc) is 2.06. The van der Waals surface area contributed by atoms with Crippen molar-refractivity contribution in [1.29, 1.82) is 0 Å². The maximum Gasteiger partial charge on any atom is 0.141 e. The van der Waals surface area contributed by atoms with Gasteiger partial charge in [-0.2, -0.15) is 0 Å². The van der Waals surface area contributed by atoms with Gasteiger partial charge in [0, 0.05) is 4.47 Å². The lowest BCUT2D eigenvalue weighted by molar-refractivity contribution is 0.0848. The summed E-state index contributed by atoms with van der Waals surface area (Å²) in [5, 5.41) is 0.696. The van der Waals surface area contributed by atoms with Crippen molar-refractivity contribution >= 4 is 27.5 Å². The summed E-state index contributed by atoms with van der Waals surface area (Å²) in [5.74, 6) is 0.853. The van der Waals surface area contributed by atoms with E-state index in [0.29, 0.717) is 5.02 Å². The number of fused-ring (bicyclic) bond motifs is 1. The molecule has 0 spiro atoms. The Bertz CT molecular complexity index is 374. The molecule has 1 aromatic carbocycles. The monoisotopic (exact) mass is 274 g/mol. The highest BCUT2D eigenvalue weighted by Gasteiger charge is 2.28. The minimum Gasteiger partial charge on any atom is -0.486 e. The van der Waals surface area contributed by atoms with Crippen LogP contribution in [0.4, 0.5) is 0 Å². The van der Waals surface area contributed by atoms with Crippen LogP contribution in [0.1, 0.15) is 25.8 Å². The molecule has 0 bridgehead atoms. The van der Waals surface area contributed by atoms with E-state index in [4.69, 9.17) is 16.3 Å². The van der Waals surface area contributed by atoms with E-state index in [0.717, 1.165) is 23.1 Å². The molecule has 0 atom stereocenters. The zero-order valence-electron chi connectivity index (χ0n) is 8.23. The van der Waals surface area contributed by atoms with Crippen molar-refractivity contribution in [2.45, 2.75) is 32.3 Å². The molecule has 14 heavy (non-hydrogen) atoms. The quantitative estimate of drug-likeness (QED) is 0.689. The fourth-order valence-electron chi connectivity index (χ4n) is 1.68. The Labute approximate surface area is 97.5 Å². The first-order chi connectivity index (χ1) is 6.48. The van der Waals surface area contributed by atoms with Gasteiger partial charge in [-0.15, -0.1) is 0 Å². The number of halogens is 2. The second-order valence-corrected chi connectivity index (χ2v) is 5.56. The predicted molar refractivity (Wildman–Crippen MR) is 62.2 cm³/mol.